The average molecular weight is 320 g/mol. The van der Waals surface area contributed by atoms with Gasteiger partial charge in [-0.05, 0) is 25.0 Å². The Kier molecular flexibility index (Phi) is 4.83. The number of halogens is 1. The number of rotatable bonds is 3. The number of pyridine rings is 1. The molecule has 2 heterocycles. The summed E-state index contributed by atoms with van der Waals surface area (Å²) in [5.74, 6) is 0.849. The SMILES string of the molecule is CN=C(NCc1cn2cc(Cl)ccc2n1)NC1CCCCC1. The first kappa shape index (κ1) is 15.2. The van der Waals surface area contributed by atoms with Gasteiger partial charge in [0.1, 0.15) is 5.65 Å². The Bertz CT molecular complexity index is 658. The largest absolute Gasteiger partial charge is 0.354 e. The van der Waals surface area contributed by atoms with Gasteiger partial charge in [-0.15, -0.1) is 0 Å². The van der Waals surface area contributed by atoms with E-state index in [9.17, 15) is 0 Å². The number of imidazole rings is 1. The summed E-state index contributed by atoms with van der Waals surface area (Å²) in [4.78, 5) is 8.87. The van der Waals surface area contributed by atoms with Crippen LogP contribution in [0.1, 0.15) is 37.8 Å². The van der Waals surface area contributed by atoms with E-state index in [0.717, 1.165) is 17.3 Å². The summed E-state index contributed by atoms with van der Waals surface area (Å²) in [5, 5.41) is 7.55. The lowest BCUT2D eigenvalue weighted by Gasteiger charge is -2.24. The van der Waals surface area contributed by atoms with Crippen LogP contribution in [0.2, 0.25) is 5.02 Å². The third-order valence-electron chi connectivity index (χ3n) is 4.07. The highest BCUT2D eigenvalue weighted by Gasteiger charge is 2.14. The lowest BCUT2D eigenvalue weighted by molar-refractivity contribution is 0.410. The predicted molar refractivity (Wildman–Crippen MR) is 90.4 cm³/mol. The fourth-order valence-corrected chi connectivity index (χ4v) is 3.08. The van der Waals surface area contributed by atoms with E-state index in [4.69, 9.17) is 11.6 Å². The normalized spacial score (nSPS) is 16.9. The predicted octanol–water partition coefficient (Wildman–Crippen LogP) is 2.99. The van der Waals surface area contributed by atoms with Gasteiger partial charge in [0.05, 0.1) is 17.3 Å². The zero-order valence-electron chi connectivity index (χ0n) is 12.8. The third kappa shape index (κ3) is 3.71. The van der Waals surface area contributed by atoms with Gasteiger partial charge in [0.15, 0.2) is 5.96 Å². The highest BCUT2D eigenvalue weighted by atomic mass is 35.5. The van der Waals surface area contributed by atoms with Gasteiger partial charge in [-0.2, -0.15) is 0 Å². The van der Waals surface area contributed by atoms with Crippen molar-refractivity contribution in [1.29, 1.82) is 0 Å². The highest BCUT2D eigenvalue weighted by Crippen LogP contribution is 2.17. The number of nitrogens with one attached hydrogen (secondary N) is 2. The smallest absolute Gasteiger partial charge is 0.191 e. The first-order chi connectivity index (χ1) is 10.7. The van der Waals surface area contributed by atoms with Crippen LogP contribution in [0.25, 0.3) is 5.65 Å². The van der Waals surface area contributed by atoms with Crippen molar-refractivity contribution in [2.75, 3.05) is 7.05 Å². The van der Waals surface area contributed by atoms with Crippen LogP contribution in [-0.2, 0) is 6.54 Å². The molecule has 0 radical (unpaired) electrons. The zero-order valence-corrected chi connectivity index (χ0v) is 13.6. The quantitative estimate of drug-likeness (QED) is 0.675. The van der Waals surface area contributed by atoms with Gasteiger partial charge in [0, 0.05) is 25.5 Å². The molecule has 0 saturated heterocycles. The van der Waals surface area contributed by atoms with E-state index in [2.05, 4.69) is 20.6 Å². The lowest BCUT2D eigenvalue weighted by atomic mass is 9.96. The van der Waals surface area contributed by atoms with E-state index < -0.39 is 0 Å². The van der Waals surface area contributed by atoms with Crippen LogP contribution in [0.4, 0.5) is 0 Å². The van der Waals surface area contributed by atoms with Gasteiger partial charge in [0.2, 0.25) is 0 Å². The molecule has 2 aromatic rings. The minimum atomic E-state index is 0.542. The molecular weight excluding hydrogens is 298 g/mol. The third-order valence-corrected chi connectivity index (χ3v) is 4.29. The molecule has 2 aromatic heterocycles. The Morgan fingerprint density at radius 1 is 1.32 bits per heavy atom. The molecule has 0 spiro atoms. The molecule has 0 aromatic carbocycles. The number of hydrogen-bond donors (Lipinski definition) is 2. The number of hydrogen-bond acceptors (Lipinski definition) is 2. The Balaban J connectivity index is 1.59. The summed E-state index contributed by atoms with van der Waals surface area (Å²) < 4.78 is 1.94. The minimum Gasteiger partial charge on any atom is -0.354 e. The van der Waals surface area contributed by atoms with Crippen LogP contribution < -0.4 is 10.6 Å². The summed E-state index contributed by atoms with van der Waals surface area (Å²) in [5.41, 5.74) is 1.87. The van der Waals surface area contributed by atoms with Crippen LogP contribution in [0.5, 0.6) is 0 Å². The summed E-state index contributed by atoms with van der Waals surface area (Å²) in [6.45, 7) is 0.645. The van der Waals surface area contributed by atoms with Gasteiger partial charge in [-0.1, -0.05) is 30.9 Å². The molecule has 0 atom stereocenters. The summed E-state index contributed by atoms with van der Waals surface area (Å²) in [7, 11) is 1.81. The maximum absolute atomic E-state index is 5.99. The molecule has 5 nitrogen and oxygen atoms in total. The van der Waals surface area contributed by atoms with Crippen LogP contribution >= 0.6 is 11.6 Å². The van der Waals surface area contributed by atoms with Crippen LogP contribution in [0.3, 0.4) is 0 Å². The second kappa shape index (κ2) is 7.01. The molecule has 118 valence electrons. The Morgan fingerprint density at radius 3 is 2.91 bits per heavy atom. The van der Waals surface area contributed by atoms with Gasteiger partial charge >= 0.3 is 0 Å². The van der Waals surface area contributed by atoms with Crippen LogP contribution in [0, 0.1) is 0 Å². The molecule has 0 amide bonds. The molecule has 0 bridgehead atoms. The molecular formula is C16H22ClN5. The van der Waals surface area contributed by atoms with Crippen LogP contribution in [0.15, 0.2) is 29.5 Å². The number of fused-ring (bicyclic) bond motifs is 1. The van der Waals surface area contributed by atoms with Crippen molar-refractivity contribution in [3.63, 3.8) is 0 Å². The van der Waals surface area contributed by atoms with Crippen LogP contribution in [-0.4, -0.2) is 28.4 Å². The lowest BCUT2D eigenvalue weighted by Crippen LogP contribution is -2.43. The number of aliphatic imine (C=N–C) groups is 1. The van der Waals surface area contributed by atoms with E-state index >= 15 is 0 Å². The first-order valence-electron chi connectivity index (χ1n) is 7.85. The van der Waals surface area contributed by atoms with Crippen molar-refractivity contribution in [2.24, 2.45) is 4.99 Å². The monoisotopic (exact) mass is 319 g/mol. The molecule has 22 heavy (non-hydrogen) atoms. The van der Waals surface area contributed by atoms with Gasteiger partial charge in [0.25, 0.3) is 0 Å². The molecule has 2 N–H and O–H groups in total. The standard InChI is InChI=1S/C16H22ClN5/c1-18-16(21-13-5-3-2-4-6-13)19-9-14-11-22-10-12(17)7-8-15(22)20-14/h7-8,10-11,13H,2-6,9H2,1H3,(H2,18,19,21). The average Bonchev–Trinajstić information content (AvgIpc) is 2.94. The fourth-order valence-electron chi connectivity index (χ4n) is 2.91. The minimum absolute atomic E-state index is 0.542. The zero-order chi connectivity index (χ0) is 15.4. The summed E-state index contributed by atoms with van der Waals surface area (Å²) in [6.07, 6.45) is 10.3. The van der Waals surface area contributed by atoms with E-state index in [-0.39, 0.29) is 0 Å². The van der Waals surface area contributed by atoms with E-state index in [0.29, 0.717) is 17.6 Å². The van der Waals surface area contributed by atoms with Gasteiger partial charge < -0.3 is 15.0 Å². The topological polar surface area (TPSA) is 53.7 Å². The second-order valence-corrected chi connectivity index (χ2v) is 6.19. The van der Waals surface area contributed by atoms with Crippen molar-refractivity contribution in [3.05, 3.63) is 35.2 Å². The molecule has 1 aliphatic rings. The Hall–Kier alpha value is -1.75. The molecule has 1 aliphatic carbocycles. The number of nitrogens with zero attached hydrogens (tertiary/aromatic N) is 3. The van der Waals surface area contributed by atoms with E-state index in [1.165, 1.54) is 32.1 Å². The van der Waals surface area contributed by atoms with E-state index in [1.807, 2.05) is 36.0 Å². The van der Waals surface area contributed by atoms with E-state index in [1.54, 1.807) is 0 Å². The molecule has 1 fully saturated rings. The van der Waals surface area contributed by atoms with Crippen molar-refractivity contribution < 1.29 is 0 Å². The number of aromatic nitrogens is 2. The molecule has 3 rings (SSSR count). The molecule has 0 aliphatic heterocycles. The van der Waals surface area contributed by atoms with Crippen molar-refractivity contribution >= 4 is 23.2 Å². The second-order valence-electron chi connectivity index (χ2n) is 5.75. The molecule has 0 unspecified atom stereocenters. The highest BCUT2D eigenvalue weighted by molar-refractivity contribution is 6.30. The summed E-state index contributed by atoms with van der Waals surface area (Å²) >= 11 is 5.99. The number of guanidine groups is 1. The molecule has 1 saturated carbocycles. The summed E-state index contributed by atoms with van der Waals surface area (Å²) in [6, 6.07) is 4.31. The van der Waals surface area contributed by atoms with Crippen molar-refractivity contribution in [3.8, 4) is 0 Å². The van der Waals surface area contributed by atoms with Gasteiger partial charge in [-0.25, -0.2) is 4.98 Å². The first-order valence-corrected chi connectivity index (χ1v) is 8.23. The maximum Gasteiger partial charge on any atom is 0.191 e. The Morgan fingerprint density at radius 2 is 2.14 bits per heavy atom. The fraction of sp³-hybridized carbons (Fsp3) is 0.500. The molecule has 6 heteroatoms. The van der Waals surface area contributed by atoms with Crippen molar-refractivity contribution in [2.45, 2.75) is 44.7 Å². The maximum atomic E-state index is 5.99. The van der Waals surface area contributed by atoms with Gasteiger partial charge in [-0.3, -0.25) is 4.99 Å². The Labute approximate surface area is 135 Å². The van der Waals surface area contributed by atoms with Crippen molar-refractivity contribution in [1.82, 2.24) is 20.0 Å².